The Morgan fingerprint density at radius 1 is 1.26 bits per heavy atom. The minimum Gasteiger partial charge on any atom is -0.382 e. The third-order valence-corrected chi connectivity index (χ3v) is 4.91. The first-order valence-corrected chi connectivity index (χ1v) is 8.37. The fraction of sp³-hybridized carbons (Fsp3) is 1.00. The molecule has 2 aliphatic rings. The first kappa shape index (κ1) is 15.3. The number of fused-ring (bicyclic) bond motifs is 1. The van der Waals surface area contributed by atoms with E-state index >= 15 is 0 Å². The summed E-state index contributed by atoms with van der Waals surface area (Å²) in [6, 6.07) is 1.59. The molecule has 2 rings (SSSR count). The van der Waals surface area contributed by atoms with E-state index in [1.807, 2.05) is 0 Å². The van der Waals surface area contributed by atoms with E-state index in [0.717, 1.165) is 44.7 Å². The number of hydrogen-bond donors (Lipinski definition) is 1. The maximum Gasteiger partial charge on any atom is 0.0477 e. The first-order chi connectivity index (χ1) is 9.33. The van der Waals surface area contributed by atoms with Crippen molar-refractivity contribution in [1.29, 1.82) is 0 Å². The van der Waals surface area contributed by atoms with E-state index in [-0.39, 0.29) is 0 Å². The summed E-state index contributed by atoms with van der Waals surface area (Å²) in [5.41, 5.74) is 0. The maximum atomic E-state index is 5.36. The second-order valence-corrected chi connectivity index (χ2v) is 6.24. The van der Waals surface area contributed by atoms with Gasteiger partial charge in [0.1, 0.15) is 0 Å². The van der Waals surface area contributed by atoms with Gasteiger partial charge in [-0.15, -0.1) is 0 Å². The molecule has 0 aromatic rings. The van der Waals surface area contributed by atoms with Gasteiger partial charge in [0.25, 0.3) is 0 Å². The molecule has 112 valence electrons. The number of hydrogen-bond acceptors (Lipinski definition) is 3. The molecule has 0 radical (unpaired) electrons. The average molecular weight is 268 g/mol. The standard InChI is InChI=1S/C16H32N2O/c1-3-19-12-6-10-17-13-14(2)18-11-9-15-7-4-5-8-16(15)18/h14-17H,3-13H2,1-2H3. The molecule has 1 N–H and O–H groups in total. The van der Waals surface area contributed by atoms with Crippen LogP contribution in [0, 0.1) is 5.92 Å². The quantitative estimate of drug-likeness (QED) is 0.685. The van der Waals surface area contributed by atoms with Gasteiger partial charge in [0, 0.05) is 31.8 Å². The largest absolute Gasteiger partial charge is 0.382 e. The average Bonchev–Trinajstić information content (AvgIpc) is 2.86. The van der Waals surface area contributed by atoms with Crippen LogP contribution in [-0.2, 0) is 4.74 Å². The fourth-order valence-corrected chi connectivity index (χ4v) is 3.86. The molecule has 1 aliphatic heterocycles. The fourth-order valence-electron chi connectivity index (χ4n) is 3.86. The third-order valence-electron chi connectivity index (χ3n) is 4.91. The van der Waals surface area contributed by atoms with Crippen LogP contribution in [0.3, 0.4) is 0 Å². The molecule has 0 aromatic heterocycles. The summed E-state index contributed by atoms with van der Waals surface area (Å²) in [7, 11) is 0. The predicted molar refractivity (Wildman–Crippen MR) is 80.5 cm³/mol. The van der Waals surface area contributed by atoms with Crippen LogP contribution in [0.1, 0.15) is 52.4 Å². The van der Waals surface area contributed by atoms with Gasteiger partial charge < -0.3 is 10.1 Å². The molecule has 0 spiro atoms. The molecule has 2 fully saturated rings. The van der Waals surface area contributed by atoms with Gasteiger partial charge in [-0.25, -0.2) is 0 Å². The summed E-state index contributed by atoms with van der Waals surface area (Å²) in [5, 5.41) is 3.59. The summed E-state index contributed by atoms with van der Waals surface area (Å²) in [4.78, 5) is 2.78. The summed E-state index contributed by atoms with van der Waals surface area (Å²) < 4.78 is 5.36. The molecular formula is C16H32N2O. The normalized spacial score (nSPS) is 29.4. The minimum atomic E-state index is 0.695. The van der Waals surface area contributed by atoms with Gasteiger partial charge in [-0.2, -0.15) is 0 Å². The van der Waals surface area contributed by atoms with E-state index in [9.17, 15) is 0 Å². The Kier molecular flexibility index (Phi) is 6.62. The first-order valence-electron chi connectivity index (χ1n) is 8.37. The lowest BCUT2D eigenvalue weighted by Crippen LogP contribution is -2.45. The van der Waals surface area contributed by atoms with Crippen LogP contribution < -0.4 is 5.32 Å². The molecule has 0 bridgehead atoms. The Morgan fingerprint density at radius 3 is 2.95 bits per heavy atom. The molecule has 3 nitrogen and oxygen atoms in total. The second kappa shape index (κ2) is 8.23. The molecule has 1 saturated heterocycles. The molecule has 0 amide bonds. The van der Waals surface area contributed by atoms with Gasteiger partial charge in [0.2, 0.25) is 0 Å². The van der Waals surface area contributed by atoms with Gasteiger partial charge in [0.15, 0.2) is 0 Å². The molecule has 3 atom stereocenters. The van der Waals surface area contributed by atoms with Crippen molar-refractivity contribution in [3.05, 3.63) is 0 Å². The zero-order chi connectivity index (χ0) is 13.5. The summed E-state index contributed by atoms with van der Waals surface area (Å²) in [6.07, 6.45) is 8.42. The van der Waals surface area contributed by atoms with Gasteiger partial charge in [-0.05, 0) is 58.5 Å². The van der Waals surface area contributed by atoms with Crippen molar-refractivity contribution in [3.63, 3.8) is 0 Å². The number of likely N-dealkylation sites (tertiary alicyclic amines) is 1. The third kappa shape index (κ3) is 4.44. The highest BCUT2D eigenvalue weighted by Gasteiger charge is 2.37. The van der Waals surface area contributed by atoms with Crippen molar-refractivity contribution in [1.82, 2.24) is 10.2 Å². The van der Waals surface area contributed by atoms with Crippen molar-refractivity contribution >= 4 is 0 Å². The van der Waals surface area contributed by atoms with Crippen LogP contribution in [0.5, 0.6) is 0 Å². The van der Waals surface area contributed by atoms with Crippen LogP contribution in [0.4, 0.5) is 0 Å². The Balaban J connectivity index is 1.61. The van der Waals surface area contributed by atoms with E-state index in [4.69, 9.17) is 4.74 Å². The van der Waals surface area contributed by atoms with Crippen LogP contribution in [0.15, 0.2) is 0 Å². The molecule has 1 aliphatic carbocycles. The van der Waals surface area contributed by atoms with E-state index in [0.29, 0.717) is 6.04 Å². The van der Waals surface area contributed by atoms with Gasteiger partial charge in [0.05, 0.1) is 0 Å². The molecule has 3 heteroatoms. The molecule has 1 saturated carbocycles. The smallest absolute Gasteiger partial charge is 0.0477 e. The van der Waals surface area contributed by atoms with Crippen LogP contribution in [0.25, 0.3) is 0 Å². The van der Waals surface area contributed by atoms with Crippen molar-refractivity contribution in [2.45, 2.75) is 64.5 Å². The maximum absolute atomic E-state index is 5.36. The lowest BCUT2D eigenvalue weighted by atomic mass is 9.85. The molecule has 1 heterocycles. The molecule has 3 unspecified atom stereocenters. The Bertz CT molecular complexity index is 247. The van der Waals surface area contributed by atoms with Crippen LogP contribution in [0.2, 0.25) is 0 Å². The zero-order valence-electron chi connectivity index (χ0n) is 12.9. The second-order valence-electron chi connectivity index (χ2n) is 6.24. The van der Waals surface area contributed by atoms with Gasteiger partial charge in [-0.3, -0.25) is 4.90 Å². The van der Waals surface area contributed by atoms with E-state index in [1.54, 1.807) is 0 Å². The highest BCUT2D eigenvalue weighted by Crippen LogP contribution is 2.36. The summed E-state index contributed by atoms with van der Waals surface area (Å²) in [6.45, 7) is 9.74. The molecule has 19 heavy (non-hydrogen) atoms. The Morgan fingerprint density at radius 2 is 2.11 bits per heavy atom. The lowest BCUT2D eigenvalue weighted by molar-refractivity contribution is 0.133. The topological polar surface area (TPSA) is 24.5 Å². The predicted octanol–water partition coefficient (Wildman–Crippen LogP) is 2.66. The number of nitrogens with one attached hydrogen (secondary N) is 1. The van der Waals surface area contributed by atoms with Gasteiger partial charge >= 0.3 is 0 Å². The van der Waals surface area contributed by atoms with Crippen molar-refractivity contribution < 1.29 is 4.74 Å². The van der Waals surface area contributed by atoms with Crippen molar-refractivity contribution in [2.24, 2.45) is 5.92 Å². The summed E-state index contributed by atoms with van der Waals surface area (Å²) in [5.74, 6) is 1.01. The van der Waals surface area contributed by atoms with Crippen LogP contribution in [-0.4, -0.2) is 49.8 Å². The van der Waals surface area contributed by atoms with E-state index < -0.39 is 0 Å². The van der Waals surface area contributed by atoms with E-state index in [1.165, 1.54) is 38.6 Å². The molecule has 0 aromatic carbocycles. The molecular weight excluding hydrogens is 236 g/mol. The Labute approximate surface area is 119 Å². The zero-order valence-corrected chi connectivity index (χ0v) is 12.9. The van der Waals surface area contributed by atoms with Gasteiger partial charge in [-0.1, -0.05) is 12.8 Å². The SMILES string of the molecule is CCOCCCNCC(C)N1CCC2CCCCC21. The summed E-state index contributed by atoms with van der Waals surface area (Å²) >= 11 is 0. The monoisotopic (exact) mass is 268 g/mol. The number of ether oxygens (including phenoxy) is 1. The minimum absolute atomic E-state index is 0.695. The van der Waals surface area contributed by atoms with Crippen LogP contribution >= 0.6 is 0 Å². The highest BCUT2D eigenvalue weighted by atomic mass is 16.5. The van der Waals surface area contributed by atoms with Crippen molar-refractivity contribution in [2.75, 3.05) is 32.8 Å². The lowest BCUT2D eigenvalue weighted by Gasteiger charge is -2.35. The highest BCUT2D eigenvalue weighted by molar-refractivity contribution is 4.92. The van der Waals surface area contributed by atoms with Crippen molar-refractivity contribution in [3.8, 4) is 0 Å². The number of rotatable bonds is 8. The van der Waals surface area contributed by atoms with E-state index in [2.05, 4.69) is 24.1 Å². The Hall–Kier alpha value is -0.120. The number of nitrogens with zero attached hydrogens (tertiary/aromatic N) is 1.